The van der Waals surface area contributed by atoms with E-state index in [1.807, 2.05) is 29.8 Å². The van der Waals surface area contributed by atoms with Gasteiger partial charge in [-0.15, -0.1) is 11.3 Å². The van der Waals surface area contributed by atoms with Crippen LogP contribution in [0.4, 0.5) is 5.82 Å². The summed E-state index contributed by atoms with van der Waals surface area (Å²) in [5.41, 5.74) is 2.84. The van der Waals surface area contributed by atoms with E-state index in [1.54, 1.807) is 10.4 Å². The fourth-order valence-electron chi connectivity index (χ4n) is 5.61. The van der Waals surface area contributed by atoms with E-state index in [1.165, 1.54) is 66.8 Å². The van der Waals surface area contributed by atoms with E-state index in [0.717, 1.165) is 51.0 Å². The second kappa shape index (κ2) is 9.28. The Morgan fingerprint density at radius 3 is 2.58 bits per heavy atom. The lowest BCUT2D eigenvalue weighted by atomic mass is 9.99. The zero-order valence-corrected chi connectivity index (χ0v) is 20.5. The second-order valence-electron chi connectivity index (χ2n) is 10.1. The lowest BCUT2D eigenvalue weighted by molar-refractivity contribution is 0.181. The molecular weight excluding hydrogens is 428 g/mol. The minimum Gasteiger partial charge on any atom is -0.353 e. The molecule has 5 heterocycles. The van der Waals surface area contributed by atoms with E-state index in [9.17, 15) is 0 Å². The molecule has 1 aliphatic carbocycles. The molecule has 174 valence electrons. The molecule has 2 aliphatic heterocycles. The molecular formula is C26H34N6S. The Labute approximate surface area is 200 Å². The van der Waals surface area contributed by atoms with Gasteiger partial charge in [-0.2, -0.15) is 0 Å². The number of thiophene rings is 1. The third-order valence-corrected chi connectivity index (χ3v) is 8.82. The number of hydrogen-bond donors (Lipinski definition) is 0. The van der Waals surface area contributed by atoms with Crippen LogP contribution < -0.4 is 4.90 Å². The summed E-state index contributed by atoms with van der Waals surface area (Å²) in [5, 5.41) is 1.37. The summed E-state index contributed by atoms with van der Waals surface area (Å²) < 4.78 is 0. The number of fused-ring (bicyclic) bond motifs is 3. The summed E-state index contributed by atoms with van der Waals surface area (Å²) >= 11 is 1.93. The highest BCUT2D eigenvalue weighted by Gasteiger charge is 2.27. The molecule has 0 N–H and O–H groups in total. The molecule has 3 aromatic rings. The van der Waals surface area contributed by atoms with Crippen molar-refractivity contribution < 1.29 is 0 Å². The maximum absolute atomic E-state index is 5.25. The fourth-order valence-corrected chi connectivity index (χ4v) is 6.88. The normalized spacial score (nSPS) is 20.6. The van der Waals surface area contributed by atoms with Crippen molar-refractivity contribution in [3.05, 3.63) is 46.4 Å². The molecule has 6 rings (SSSR count). The van der Waals surface area contributed by atoms with Crippen molar-refractivity contribution in [2.75, 3.05) is 44.2 Å². The molecule has 0 atom stereocenters. The molecule has 3 aromatic heterocycles. The first-order valence-electron chi connectivity index (χ1n) is 12.6. The predicted molar refractivity (Wildman–Crippen MR) is 135 cm³/mol. The van der Waals surface area contributed by atoms with Crippen LogP contribution in [0.2, 0.25) is 0 Å². The van der Waals surface area contributed by atoms with Crippen molar-refractivity contribution in [2.45, 2.75) is 52.1 Å². The highest BCUT2D eigenvalue weighted by atomic mass is 32.1. The van der Waals surface area contributed by atoms with Crippen molar-refractivity contribution in [1.82, 2.24) is 24.8 Å². The number of pyridine rings is 1. The fraction of sp³-hybridized carbons (Fsp3) is 0.577. The Morgan fingerprint density at radius 1 is 0.970 bits per heavy atom. The Kier molecular flexibility index (Phi) is 6.03. The van der Waals surface area contributed by atoms with Gasteiger partial charge in [0.05, 0.1) is 11.9 Å². The lowest BCUT2D eigenvalue weighted by Gasteiger charge is -2.36. The standard InChI is InChI=1S/C26H34N6S/c1-19-7-10-30(11-8-19)18-23-28-25(24-21-5-2-6-22(21)33-26(24)29-23)32-14-12-31(13-15-32)17-20-4-3-9-27-16-20/h3-4,9,16,19H,2,5-8,10-15,17-18H2,1H3. The SMILES string of the molecule is CC1CCN(Cc2nc(N3CCN(Cc4cccnc4)CC3)c3c4c(sc3n2)CCC4)CC1. The van der Waals surface area contributed by atoms with Gasteiger partial charge in [0.1, 0.15) is 16.5 Å². The van der Waals surface area contributed by atoms with E-state index in [0.29, 0.717) is 0 Å². The number of piperazine rings is 1. The van der Waals surface area contributed by atoms with Crippen LogP contribution in [0.5, 0.6) is 0 Å². The van der Waals surface area contributed by atoms with E-state index in [2.05, 4.69) is 32.7 Å². The zero-order valence-electron chi connectivity index (χ0n) is 19.7. The van der Waals surface area contributed by atoms with E-state index < -0.39 is 0 Å². The van der Waals surface area contributed by atoms with Crippen LogP contribution in [0.25, 0.3) is 10.2 Å². The van der Waals surface area contributed by atoms with Gasteiger partial charge >= 0.3 is 0 Å². The average Bonchev–Trinajstić information content (AvgIpc) is 3.43. The number of aromatic nitrogens is 3. The molecule has 2 saturated heterocycles. The van der Waals surface area contributed by atoms with Crippen molar-refractivity contribution in [3.8, 4) is 0 Å². The van der Waals surface area contributed by atoms with E-state index in [4.69, 9.17) is 9.97 Å². The molecule has 2 fully saturated rings. The van der Waals surface area contributed by atoms with E-state index >= 15 is 0 Å². The number of likely N-dealkylation sites (tertiary alicyclic amines) is 1. The van der Waals surface area contributed by atoms with Gasteiger partial charge in [0.25, 0.3) is 0 Å². The molecule has 0 bridgehead atoms. The van der Waals surface area contributed by atoms with Crippen LogP contribution in [0.3, 0.4) is 0 Å². The third-order valence-electron chi connectivity index (χ3n) is 7.63. The Hall–Kier alpha value is -2.09. The number of anilines is 1. The lowest BCUT2D eigenvalue weighted by Crippen LogP contribution is -2.46. The number of rotatable bonds is 5. The molecule has 3 aliphatic rings. The molecule has 0 unspecified atom stereocenters. The topological polar surface area (TPSA) is 48.4 Å². The summed E-state index contributed by atoms with van der Waals surface area (Å²) in [6, 6.07) is 4.21. The van der Waals surface area contributed by atoms with Gasteiger partial charge < -0.3 is 4.90 Å². The third kappa shape index (κ3) is 4.51. The van der Waals surface area contributed by atoms with Crippen molar-refractivity contribution >= 4 is 27.4 Å². The molecule has 6 nitrogen and oxygen atoms in total. The van der Waals surface area contributed by atoms with Crippen molar-refractivity contribution in [3.63, 3.8) is 0 Å². The van der Waals surface area contributed by atoms with Crippen LogP contribution in [0.15, 0.2) is 24.5 Å². The van der Waals surface area contributed by atoms with Crippen LogP contribution >= 0.6 is 11.3 Å². The minimum absolute atomic E-state index is 0.850. The molecule has 0 spiro atoms. The Bertz CT molecular complexity index is 1100. The maximum Gasteiger partial charge on any atom is 0.146 e. The molecule has 7 heteroatoms. The van der Waals surface area contributed by atoms with Gasteiger partial charge in [-0.05, 0) is 68.3 Å². The van der Waals surface area contributed by atoms with Crippen LogP contribution in [-0.2, 0) is 25.9 Å². The largest absolute Gasteiger partial charge is 0.353 e. The maximum atomic E-state index is 5.25. The van der Waals surface area contributed by atoms with Crippen LogP contribution in [-0.4, -0.2) is 64.0 Å². The molecule has 0 amide bonds. The Balaban J connectivity index is 1.24. The molecule has 0 aromatic carbocycles. The van der Waals surface area contributed by atoms with Gasteiger partial charge in [0, 0.05) is 50.0 Å². The monoisotopic (exact) mass is 462 g/mol. The van der Waals surface area contributed by atoms with Crippen molar-refractivity contribution in [2.24, 2.45) is 5.92 Å². The van der Waals surface area contributed by atoms with E-state index in [-0.39, 0.29) is 0 Å². The minimum atomic E-state index is 0.850. The van der Waals surface area contributed by atoms with Gasteiger partial charge in [-0.25, -0.2) is 9.97 Å². The highest BCUT2D eigenvalue weighted by molar-refractivity contribution is 7.19. The van der Waals surface area contributed by atoms with Gasteiger partial charge in [0.2, 0.25) is 0 Å². The second-order valence-corrected chi connectivity index (χ2v) is 11.2. The first kappa shape index (κ1) is 21.4. The van der Waals surface area contributed by atoms with Crippen LogP contribution in [0.1, 0.15) is 48.0 Å². The summed E-state index contributed by atoms with van der Waals surface area (Å²) in [6.07, 6.45) is 10.1. The molecule has 0 radical (unpaired) electrons. The van der Waals surface area contributed by atoms with Crippen molar-refractivity contribution in [1.29, 1.82) is 0 Å². The highest BCUT2D eigenvalue weighted by Crippen LogP contribution is 2.41. The summed E-state index contributed by atoms with van der Waals surface area (Å²) in [4.78, 5) is 25.0. The van der Waals surface area contributed by atoms with Crippen LogP contribution in [0, 0.1) is 5.92 Å². The smallest absolute Gasteiger partial charge is 0.146 e. The van der Waals surface area contributed by atoms with Gasteiger partial charge in [-0.3, -0.25) is 14.8 Å². The molecule has 0 saturated carbocycles. The number of hydrogen-bond acceptors (Lipinski definition) is 7. The number of nitrogens with zero attached hydrogens (tertiary/aromatic N) is 6. The van der Waals surface area contributed by atoms with Gasteiger partial charge in [-0.1, -0.05) is 13.0 Å². The zero-order chi connectivity index (χ0) is 22.2. The first-order chi connectivity index (χ1) is 16.2. The Morgan fingerprint density at radius 2 is 1.79 bits per heavy atom. The number of piperidine rings is 1. The molecule has 33 heavy (non-hydrogen) atoms. The first-order valence-corrected chi connectivity index (χ1v) is 13.4. The summed E-state index contributed by atoms with van der Waals surface area (Å²) in [5.74, 6) is 3.08. The summed E-state index contributed by atoms with van der Waals surface area (Å²) in [7, 11) is 0. The quantitative estimate of drug-likeness (QED) is 0.568. The number of aryl methyl sites for hydroxylation is 2. The summed E-state index contributed by atoms with van der Waals surface area (Å²) in [6.45, 7) is 10.8. The average molecular weight is 463 g/mol. The van der Waals surface area contributed by atoms with Gasteiger partial charge in [0.15, 0.2) is 0 Å². The predicted octanol–water partition coefficient (Wildman–Crippen LogP) is 4.13.